The van der Waals surface area contributed by atoms with E-state index in [9.17, 15) is 0 Å². The smallest absolute Gasteiger partial charge is 0.0620 e. The molecule has 0 bridgehead atoms. The van der Waals surface area contributed by atoms with E-state index in [1.807, 2.05) is 0 Å². The fourth-order valence-corrected chi connectivity index (χ4v) is 2.14. The summed E-state index contributed by atoms with van der Waals surface area (Å²) in [6.45, 7) is 6.06. The first kappa shape index (κ1) is 11.0. The fraction of sp³-hybridized carbons (Fsp3) is 1.00. The molecule has 0 spiro atoms. The van der Waals surface area contributed by atoms with Crippen molar-refractivity contribution in [1.29, 1.82) is 0 Å². The van der Waals surface area contributed by atoms with E-state index < -0.39 is 0 Å². The van der Waals surface area contributed by atoms with Gasteiger partial charge in [0.1, 0.15) is 0 Å². The lowest BCUT2D eigenvalue weighted by Crippen LogP contribution is -2.33. The Morgan fingerprint density at radius 3 is 2.77 bits per heavy atom. The van der Waals surface area contributed by atoms with Gasteiger partial charge >= 0.3 is 0 Å². The van der Waals surface area contributed by atoms with Crippen molar-refractivity contribution in [3.8, 4) is 0 Å². The van der Waals surface area contributed by atoms with Gasteiger partial charge in [0.25, 0.3) is 0 Å². The summed E-state index contributed by atoms with van der Waals surface area (Å²) in [5.41, 5.74) is 6.06. The molecule has 1 rings (SSSR count). The van der Waals surface area contributed by atoms with Crippen molar-refractivity contribution in [3.05, 3.63) is 0 Å². The Morgan fingerprint density at radius 1 is 1.46 bits per heavy atom. The molecule has 0 aromatic carbocycles. The highest BCUT2D eigenvalue weighted by Crippen LogP contribution is 2.31. The third kappa shape index (κ3) is 3.65. The van der Waals surface area contributed by atoms with Gasteiger partial charge in [0.15, 0.2) is 0 Å². The zero-order valence-corrected chi connectivity index (χ0v) is 8.96. The van der Waals surface area contributed by atoms with Crippen LogP contribution in [-0.2, 0) is 4.74 Å². The van der Waals surface area contributed by atoms with Crippen LogP contribution in [0.2, 0.25) is 0 Å². The van der Waals surface area contributed by atoms with Crippen LogP contribution in [0.5, 0.6) is 0 Å². The van der Waals surface area contributed by atoms with Crippen LogP contribution in [0.25, 0.3) is 0 Å². The van der Waals surface area contributed by atoms with Crippen LogP contribution in [-0.4, -0.2) is 19.3 Å². The van der Waals surface area contributed by atoms with E-state index in [0.717, 1.165) is 25.6 Å². The van der Waals surface area contributed by atoms with E-state index >= 15 is 0 Å². The van der Waals surface area contributed by atoms with Gasteiger partial charge in [-0.3, -0.25) is 0 Å². The third-order valence-corrected chi connectivity index (χ3v) is 3.00. The lowest BCUT2D eigenvalue weighted by molar-refractivity contribution is 0.106. The van der Waals surface area contributed by atoms with Crippen molar-refractivity contribution in [2.45, 2.75) is 45.6 Å². The first-order valence-corrected chi connectivity index (χ1v) is 5.57. The molecule has 13 heavy (non-hydrogen) atoms. The average molecular weight is 185 g/mol. The van der Waals surface area contributed by atoms with Crippen molar-refractivity contribution in [2.24, 2.45) is 17.6 Å². The Bertz CT molecular complexity index is 138. The van der Waals surface area contributed by atoms with Crippen LogP contribution in [0.1, 0.15) is 39.5 Å². The van der Waals surface area contributed by atoms with Crippen LogP contribution >= 0.6 is 0 Å². The molecule has 2 heteroatoms. The van der Waals surface area contributed by atoms with E-state index in [2.05, 4.69) is 13.8 Å². The van der Waals surface area contributed by atoms with Crippen LogP contribution in [0.15, 0.2) is 0 Å². The first-order chi connectivity index (χ1) is 6.24. The molecule has 3 atom stereocenters. The molecule has 0 amide bonds. The minimum absolute atomic E-state index is 0.275. The average Bonchev–Trinajstić information content (AvgIpc) is 2.52. The summed E-state index contributed by atoms with van der Waals surface area (Å²) < 4.78 is 5.47. The highest BCUT2D eigenvalue weighted by Gasteiger charge is 2.26. The predicted octanol–water partition coefficient (Wildman–Crippen LogP) is 2.18. The van der Waals surface area contributed by atoms with Gasteiger partial charge in [-0.1, -0.05) is 20.3 Å². The predicted molar refractivity (Wildman–Crippen MR) is 55.6 cm³/mol. The van der Waals surface area contributed by atoms with Crippen molar-refractivity contribution in [2.75, 3.05) is 13.2 Å². The van der Waals surface area contributed by atoms with Crippen LogP contribution in [0.3, 0.4) is 0 Å². The highest BCUT2D eigenvalue weighted by atomic mass is 16.5. The molecule has 78 valence electrons. The summed E-state index contributed by atoms with van der Waals surface area (Å²) in [7, 11) is 0. The molecule has 0 heterocycles. The Hall–Kier alpha value is -0.0800. The van der Waals surface area contributed by atoms with Gasteiger partial charge in [-0.25, -0.2) is 0 Å². The molecule has 2 N–H and O–H groups in total. The molecule has 1 fully saturated rings. The van der Waals surface area contributed by atoms with Crippen molar-refractivity contribution in [1.82, 2.24) is 0 Å². The topological polar surface area (TPSA) is 35.2 Å². The Balaban J connectivity index is 2.12. The summed E-state index contributed by atoms with van der Waals surface area (Å²) in [4.78, 5) is 0. The van der Waals surface area contributed by atoms with Gasteiger partial charge in [0.2, 0.25) is 0 Å². The summed E-state index contributed by atoms with van der Waals surface area (Å²) in [5.74, 6) is 1.59. The lowest BCUT2D eigenvalue weighted by Gasteiger charge is -2.18. The van der Waals surface area contributed by atoms with E-state index in [1.54, 1.807) is 0 Å². The first-order valence-electron chi connectivity index (χ1n) is 5.57. The molecule has 0 saturated heterocycles. The second-order valence-electron chi connectivity index (χ2n) is 4.42. The zero-order valence-electron chi connectivity index (χ0n) is 8.96. The van der Waals surface area contributed by atoms with E-state index in [1.165, 1.54) is 19.3 Å². The van der Waals surface area contributed by atoms with E-state index in [-0.39, 0.29) is 6.04 Å². The monoisotopic (exact) mass is 185 g/mol. The third-order valence-electron chi connectivity index (χ3n) is 3.00. The summed E-state index contributed by atoms with van der Waals surface area (Å²) in [6.07, 6.45) is 5.05. The number of nitrogens with two attached hydrogens (primary N) is 1. The number of hydrogen-bond acceptors (Lipinski definition) is 2. The largest absolute Gasteiger partial charge is 0.380 e. The van der Waals surface area contributed by atoms with E-state index in [4.69, 9.17) is 10.5 Å². The minimum atomic E-state index is 0.275. The SMILES string of the molecule is CCCOCC(N)C1CCC(C)C1. The molecule has 0 radical (unpaired) electrons. The highest BCUT2D eigenvalue weighted by molar-refractivity contribution is 4.80. The van der Waals surface area contributed by atoms with Crippen LogP contribution in [0, 0.1) is 11.8 Å². The molecule has 1 saturated carbocycles. The summed E-state index contributed by atoms with van der Waals surface area (Å²) in [6, 6.07) is 0.275. The maximum atomic E-state index is 6.06. The Morgan fingerprint density at radius 2 is 2.23 bits per heavy atom. The minimum Gasteiger partial charge on any atom is -0.380 e. The molecule has 0 aromatic heterocycles. The molecule has 1 aliphatic rings. The normalized spacial score (nSPS) is 30.7. The van der Waals surface area contributed by atoms with Gasteiger partial charge < -0.3 is 10.5 Å². The quantitative estimate of drug-likeness (QED) is 0.666. The Labute approximate surface area is 81.8 Å². The number of rotatable bonds is 5. The lowest BCUT2D eigenvalue weighted by atomic mass is 9.98. The van der Waals surface area contributed by atoms with Gasteiger partial charge in [-0.15, -0.1) is 0 Å². The molecular formula is C11H23NO. The van der Waals surface area contributed by atoms with Crippen LogP contribution < -0.4 is 5.73 Å². The zero-order chi connectivity index (χ0) is 9.68. The molecule has 0 aromatic rings. The fourth-order valence-electron chi connectivity index (χ4n) is 2.14. The maximum absolute atomic E-state index is 6.06. The second-order valence-corrected chi connectivity index (χ2v) is 4.42. The summed E-state index contributed by atoms with van der Waals surface area (Å²) >= 11 is 0. The van der Waals surface area contributed by atoms with E-state index in [0.29, 0.717) is 5.92 Å². The van der Waals surface area contributed by atoms with Crippen LogP contribution in [0.4, 0.5) is 0 Å². The molecule has 2 nitrogen and oxygen atoms in total. The number of ether oxygens (including phenoxy) is 1. The van der Waals surface area contributed by atoms with Gasteiger partial charge in [0, 0.05) is 12.6 Å². The van der Waals surface area contributed by atoms with Crippen molar-refractivity contribution in [3.63, 3.8) is 0 Å². The van der Waals surface area contributed by atoms with Gasteiger partial charge in [-0.2, -0.15) is 0 Å². The van der Waals surface area contributed by atoms with Crippen molar-refractivity contribution < 1.29 is 4.74 Å². The van der Waals surface area contributed by atoms with Gasteiger partial charge in [-0.05, 0) is 31.1 Å². The standard InChI is InChI=1S/C11H23NO/c1-3-6-13-8-11(12)10-5-4-9(2)7-10/h9-11H,3-8,12H2,1-2H3. The summed E-state index contributed by atoms with van der Waals surface area (Å²) in [5, 5.41) is 0. The molecular weight excluding hydrogens is 162 g/mol. The molecule has 0 aliphatic heterocycles. The molecule has 3 unspecified atom stereocenters. The van der Waals surface area contributed by atoms with Crippen molar-refractivity contribution >= 4 is 0 Å². The maximum Gasteiger partial charge on any atom is 0.0620 e. The number of hydrogen-bond donors (Lipinski definition) is 1. The Kier molecular flexibility index (Phi) is 4.74. The molecule has 1 aliphatic carbocycles. The van der Waals surface area contributed by atoms with Gasteiger partial charge in [0.05, 0.1) is 6.61 Å². The second kappa shape index (κ2) is 5.61.